The van der Waals surface area contributed by atoms with Crippen molar-refractivity contribution in [3.63, 3.8) is 0 Å². The molecule has 0 aliphatic heterocycles. The zero-order chi connectivity index (χ0) is 23.8. The molecule has 3 rings (SSSR count). The molecule has 8 nitrogen and oxygen atoms in total. The molecule has 2 bridgehead atoms. The van der Waals surface area contributed by atoms with Crippen molar-refractivity contribution < 1.29 is 38.1 Å². The van der Waals surface area contributed by atoms with Crippen LogP contribution in [0.4, 0.5) is 0 Å². The Morgan fingerprint density at radius 1 is 0.656 bits per heavy atom. The van der Waals surface area contributed by atoms with Gasteiger partial charge in [0.1, 0.15) is 11.2 Å². The van der Waals surface area contributed by atoms with E-state index in [-0.39, 0.29) is 11.8 Å². The average molecular weight is 453 g/mol. The number of carbonyl (C=O) groups is 4. The van der Waals surface area contributed by atoms with Crippen LogP contribution in [0.15, 0.2) is 0 Å². The number of ether oxygens (including phenoxy) is 4. The maximum Gasteiger partial charge on any atom is 0.344 e. The number of fused-ring (bicyclic) bond motifs is 5. The van der Waals surface area contributed by atoms with Crippen molar-refractivity contribution in [3.8, 4) is 0 Å². The number of rotatable bonds is 6. The highest BCUT2D eigenvalue weighted by Gasteiger charge is 2.64. The molecule has 180 valence electrons. The molecule has 3 fully saturated rings. The molecule has 0 aromatic rings. The van der Waals surface area contributed by atoms with Crippen LogP contribution >= 0.6 is 0 Å². The minimum Gasteiger partial charge on any atom is -0.457 e. The second kappa shape index (κ2) is 9.02. The summed E-state index contributed by atoms with van der Waals surface area (Å²) in [5.41, 5.74) is -1.36. The van der Waals surface area contributed by atoms with Crippen molar-refractivity contribution in [2.24, 2.45) is 35.5 Å². The summed E-state index contributed by atoms with van der Waals surface area (Å²) in [4.78, 5) is 50.0. The Hall–Kier alpha value is -2.12. The molecule has 32 heavy (non-hydrogen) atoms. The standard InChI is InChI=1S/C24H36O8/c1-23(2,3)31-17(25)11-29-21(27)19-15-10-16(14-9-7-8-13(14)15)20(19)22(28)30-12-18(26)32-24(4,5)6/h13-16,19-20H,7-12H2,1-6H3. The summed E-state index contributed by atoms with van der Waals surface area (Å²) in [7, 11) is 0. The van der Waals surface area contributed by atoms with E-state index in [0.717, 1.165) is 25.7 Å². The summed E-state index contributed by atoms with van der Waals surface area (Å²) in [6, 6.07) is 0. The van der Waals surface area contributed by atoms with Gasteiger partial charge in [-0.15, -0.1) is 0 Å². The lowest BCUT2D eigenvalue weighted by Crippen LogP contribution is -2.43. The van der Waals surface area contributed by atoms with Crippen molar-refractivity contribution in [1.29, 1.82) is 0 Å². The normalized spacial score (nSPS) is 31.1. The zero-order valence-corrected chi connectivity index (χ0v) is 20.0. The van der Waals surface area contributed by atoms with E-state index < -0.39 is 60.1 Å². The minimum absolute atomic E-state index is 0.0395. The zero-order valence-electron chi connectivity index (χ0n) is 20.0. The van der Waals surface area contributed by atoms with E-state index in [1.54, 1.807) is 41.5 Å². The first kappa shape index (κ1) is 24.5. The Bertz CT molecular complexity index is 697. The maximum atomic E-state index is 13.0. The fourth-order valence-electron chi connectivity index (χ4n) is 5.94. The summed E-state index contributed by atoms with van der Waals surface area (Å²) in [6.07, 6.45) is 3.94. The lowest BCUT2D eigenvalue weighted by Gasteiger charge is -2.35. The Labute approximate surface area is 189 Å². The van der Waals surface area contributed by atoms with Crippen LogP contribution in [0.2, 0.25) is 0 Å². The summed E-state index contributed by atoms with van der Waals surface area (Å²) in [6.45, 7) is 9.44. The molecule has 0 radical (unpaired) electrons. The topological polar surface area (TPSA) is 105 Å². The largest absolute Gasteiger partial charge is 0.457 e. The van der Waals surface area contributed by atoms with E-state index in [2.05, 4.69) is 0 Å². The molecule has 3 saturated carbocycles. The smallest absolute Gasteiger partial charge is 0.344 e. The molecule has 0 heterocycles. The molecule has 0 amide bonds. The van der Waals surface area contributed by atoms with Crippen LogP contribution in [0, 0.1) is 35.5 Å². The van der Waals surface area contributed by atoms with Gasteiger partial charge >= 0.3 is 23.9 Å². The molecule has 0 saturated heterocycles. The second-order valence-electron chi connectivity index (χ2n) is 11.3. The molecule has 0 aromatic carbocycles. The lowest BCUT2D eigenvalue weighted by atomic mass is 9.69. The van der Waals surface area contributed by atoms with Gasteiger partial charge in [-0.1, -0.05) is 6.42 Å². The second-order valence-corrected chi connectivity index (χ2v) is 11.3. The van der Waals surface area contributed by atoms with Crippen LogP contribution in [0.3, 0.4) is 0 Å². The van der Waals surface area contributed by atoms with Gasteiger partial charge in [-0.2, -0.15) is 0 Å². The van der Waals surface area contributed by atoms with Gasteiger partial charge in [-0.05, 0) is 84.5 Å². The predicted octanol–water partition coefficient (Wildman–Crippen LogP) is 3.05. The first-order valence-corrected chi connectivity index (χ1v) is 11.5. The monoisotopic (exact) mass is 452 g/mol. The summed E-state index contributed by atoms with van der Waals surface area (Å²) in [5.74, 6) is -2.83. The molecule has 0 spiro atoms. The van der Waals surface area contributed by atoms with E-state index in [1.165, 1.54) is 0 Å². The van der Waals surface area contributed by atoms with E-state index in [1.807, 2.05) is 0 Å². The maximum absolute atomic E-state index is 13.0. The van der Waals surface area contributed by atoms with Gasteiger partial charge in [0.05, 0.1) is 11.8 Å². The van der Waals surface area contributed by atoms with Gasteiger partial charge in [0.15, 0.2) is 13.2 Å². The molecule has 0 N–H and O–H groups in total. The van der Waals surface area contributed by atoms with Crippen molar-refractivity contribution in [2.75, 3.05) is 13.2 Å². The molecular formula is C24H36O8. The van der Waals surface area contributed by atoms with Gasteiger partial charge in [0, 0.05) is 0 Å². The van der Waals surface area contributed by atoms with Crippen molar-refractivity contribution in [1.82, 2.24) is 0 Å². The Morgan fingerprint density at radius 3 is 1.38 bits per heavy atom. The number of esters is 4. The van der Waals surface area contributed by atoms with Crippen molar-refractivity contribution >= 4 is 23.9 Å². The molecule has 3 aliphatic rings. The molecule has 3 aliphatic carbocycles. The van der Waals surface area contributed by atoms with Crippen LogP contribution < -0.4 is 0 Å². The third-order valence-electron chi connectivity index (χ3n) is 6.63. The third-order valence-corrected chi connectivity index (χ3v) is 6.63. The predicted molar refractivity (Wildman–Crippen MR) is 113 cm³/mol. The SMILES string of the molecule is CC(C)(C)OC(=O)COC(=O)C1C2CC(C3CCCC32)C1C(=O)OCC(=O)OC(C)(C)C. The lowest BCUT2D eigenvalue weighted by molar-refractivity contribution is -0.176. The summed E-state index contributed by atoms with van der Waals surface area (Å²) < 4.78 is 21.0. The van der Waals surface area contributed by atoms with E-state index in [0.29, 0.717) is 11.8 Å². The van der Waals surface area contributed by atoms with Crippen molar-refractivity contribution in [3.05, 3.63) is 0 Å². The number of carbonyl (C=O) groups excluding carboxylic acids is 4. The van der Waals surface area contributed by atoms with E-state index >= 15 is 0 Å². The number of hydrogen-bond donors (Lipinski definition) is 0. The van der Waals surface area contributed by atoms with Gasteiger partial charge < -0.3 is 18.9 Å². The number of hydrogen-bond acceptors (Lipinski definition) is 8. The minimum atomic E-state index is -0.680. The van der Waals surface area contributed by atoms with Crippen molar-refractivity contribution in [2.45, 2.75) is 78.4 Å². The molecule has 6 unspecified atom stereocenters. The highest BCUT2D eigenvalue weighted by Crippen LogP contribution is 2.63. The Kier molecular flexibility index (Phi) is 6.91. The van der Waals surface area contributed by atoms with E-state index in [4.69, 9.17) is 18.9 Å². The summed E-state index contributed by atoms with van der Waals surface area (Å²) >= 11 is 0. The van der Waals surface area contributed by atoms with Gasteiger partial charge in [0.2, 0.25) is 0 Å². The molecular weight excluding hydrogens is 416 g/mol. The molecule has 0 aromatic heterocycles. The fourth-order valence-corrected chi connectivity index (χ4v) is 5.94. The van der Waals surface area contributed by atoms with E-state index in [9.17, 15) is 19.2 Å². The highest BCUT2D eigenvalue weighted by atomic mass is 16.6. The van der Waals surface area contributed by atoms with Crippen LogP contribution in [-0.2, 0) is 38.1 Å². The average Bonchev–Trinajstić information content (AvgIpc) is 3.32. The third kappa shape index (κ3) is 5.62. The van der Waals surface area contributed by atoms with Crippen LogP contribution in [-0.4, -0.2) is 48.3 Å². The molecule has 6 atom stereocenters. The highest BCUT2D eigenvalue weighted by molar-refractivity contribution is 5.86. The van der Waals surface area contributed by atoms with Crippen LogP contribution in [0.1, 0.15) is 67.2 Å². The van der Waals surface area contributed by atoms with Gasteiger partial charge in [-0.25, -0.2) is 9.59 Å². The quantitative estimate of drug-likeness (QED) is 0.447. The first-order valence-electron chi connectivity index (χ1n) is 11.5. The Balaban J connectivity index is 1.66. The van der Waals surface area contributed by atoms with Gasteiger partial charge in [0.25, 0.3) is 0 Å². The van der Waals surface area contributed by atoms with Crippen LogP contribution in [0.25, 0.3) is 0 Å². The first-order chi connectivity index (χ1) is 14.8. The van der Waals surface area contributed by atoms with Gasteiger partial charge in [-0.3, -0.25) is 9.59 Å². The summed E-state index contributed by atoms with van der Waals surface area (Å²) in [5, 5.41) is 0. The Morgan fingerprint density at radius 2 is 1.03 bits per heavy atom. The molecule has 8 heteroatoms. The fraction of sp³-hybridized carbons (Fsp3) is 0.833. The van der Waals surface area contributed by atoms with Crippen LogP contribution in [0.5, 0.6) is 0 Å².